The number of anilines is 1. The molecule has 1 aromatic heterocycles. The maximum atomic E-state index is 12.8. The SMILES string of the molecule is C=CCOC(=O)/C(C#N)=c1\s/c(=C/Nc2cccc(OCC(=O)N3CCNCC3)c2)c(=O)n1CC. The molecule has 0 unspecified atom stereocenters. The number of nitrogens with zero attached hydrogens (tertiary/aromatic N) is 3. The Morgan fingerprint density at radius 3 is 2.80 bits per heavy atom. The minimum Gasteiger partial charge on any atom is -0.484 e. The summed E-state index contributed by atoms with van der Waals surface area (Å²) >= 11 is 1.02. The second-order valence-corrected chi connectivity index (χ2v) is 8.46. The maximum Gasteiger partial charge on any atom is 0.352 e. The molecule has 11 heteroatoms. The highest BCUT2D eigenvalue weighted by molar-refractivity contribution is 7.07. The summed E-state index contributed by atoms with van der Waals surface area (Å²) in [6.45, 7) is 8.28. The zero-order valence-electron chi connectivity index (χ0n) is 19.4. The molecular weight excluding hydrogens is 470 g/mol. The molecular formula is C24H27N5O5S. The van der Waals surface area contributed by atoms with Gasteiger partial charge in [0.1, 0.15) is 27.6 Å². The number of rotatable bonds is 9. The molecule has 0 atom stereocenters. The Hall–Kier alpha value is -3.88. The molecule has 1 amide bonds. The van der Waals surface area contributed by atoms with E-state index in [-0.39, 0.29) is 41.5 Å². The van der Waals surface area contributed by atoms with Gasteiger partial charge in [-0.2, -0.15) is 5.26 Å². The van der Waals surface area contributed by atoms with Crippen LogP contribution >= 0.6 is 11.3 Å². The number of hydrogen-bond donors (Lipinski definition) is 2. The van der Waals surface area contributed by atoms with Crippen molar-refractivity contribution in [1.82, 2.24) is 14.8 Å². The fourth-order valence-corrected chi connectivity index (χ4v) is 4.43. The van der Waals surface area contributed by atoms with Crippen molar-refractivity contribution in [3.05, 3.63) is 56.5 Å². The number of aromatic nitrogens is 1. The predicted molar refractivity (Wildman–Crippen MR) is 133 cm³/mol. The number of nitriles is 1. The van der Waals surface area contributed by atoms with Gasteiger partial charge in [-0.05, 0) is 19.1 Å². The molecule has 1 saturated heterocycles. The van der Waals surface area contributed by atoms with Crippen LogP contribution in [-0.4, -0.2) is 60.7 Å². The van der Waals surface area contributed by atoms with E-state index in [1.54, 1.807) is 36.1 Å². The van der Waals surface area contributed by atoms with Crippen LogP contribution in [0.2, 0.25) is 0 Å². The first-order valence-corrected chi connectivity index (χ1v) is 11.9. The highest BCUT2D eigenvalue weighted by Gasteiger charge is 2.17. The van der Waals surface area contributed by atoms with Crippen molar-refractivity contribution in [2.45, 2.75) is 13.5 Å². The molecule has 1 aliphatic rings. The van der Waals surface area contributed by atoms with Gasteiger partial charge < -0.3 is 25.0 Å². The number of benzene rings is 1. The predicted octanol–water partition coefficient (Wildman–Crippen LogP) is -0.00612. The molecule has 0 radical (unpaired) electrons. The monoisotopic (exact) mass is 497 g/mol. The van der Waals surface area contributed by atoms with Crippen LogP contribution in [0, 0.1) is 11.3 Å². The smallest absolute Gasteiger partial charge is 0.352 e. The lowest BCUT2D eigenvalue weighted by atomic mass is 10.3. The van der Waals surface area contributed by atoms with Crippen LogP contribution in [0.25, 0.3) is 11.8 Å². The van der Waals surface area contributed by atoms with E-state index in [0.717, 1.165) is 24.4 Å². The highest BCUT2D eigenvalue weighted by atomic mass is 32.1. The van der Waals surface area contributed by atoms with E-state index in [2.05, 4.69) is 17.2 Å². The molecule has 3 rings (SSSR count). The van der Waals surface area contributed by atoms with Gasteiger partial charge in [0.15, 0.2) is 12.2 Å². The second-order valence-electron chi connectivity index (χ2n) is 7.43. The topological polar surface area (TPSA) is 126 Å². The Bertz CT molecular complexity index is 1300. The van der Waals surface area contributed by atoms with Gasteiger partial charge in [0.05, 0.1) is 0 Å². The maximum absolute atomic E-state index is 12.8. The van der Waals surface area contributed by atoms with Crippen molar-refractivity contribution in [1.29, 1.82) is 5.26 Å². The van der Waals surface area contributed by atoms with Gasteiger partial charge in [0, 0.05) is 50.7 Å². The van der Waals surface area contributed by atoms with Gasteiger partial charge in [-0.25, -0.2) is 4.79 Å². The standard InChI is InChI=1S/C24H27N5O5S/c1-3-12-33-24(32)19(14-25)23-29(4-2)22(31)20(35-23)15-27-17-6-5-7-18(13-17)34-16-21(30)28-10-8-26-9-11-28/h3,5-7,13,15,26-27H,1,4,8-12,16H2,2H3/b20-15+,23-19-. The number of hydrogen-bond acceptors (Lipinski definition) is 9. The molecule has 1 aliphatic heterocycles. The molecule has 1 aromatic carbocycles. The van der Waals surface area contributed by atoms with Gasteiger partial charge in [0.25, 0.3) is 11.5 Å². The third kappa shape index (κ3) is 6.59. The number of ether oxygens (including phenoxy) is 2. The van der Waals surface area contributed by atoms with E-state index in [4.69, 9.17) is 9.47 Å². The lowest BCUT2D eigenvalue weighted by Gasteiger charge is -2.27. The van der Waals surface area contributed by atoms with Crippen LogP contribution in [0.1, 0.15) is 6.92 Å². The van der Waals surface area contributed by atoms with Crippen LogP contribution < -0.4 is 30.1 Å². The number of piperazine rings is 1. The molecule has 2 heterocycles. The van der Waals surface area contributed by atoms with E-state index >= 15 is 0 Å². The van der Waals surface area contributed by atoms with E-state index < -0.39 is 5.97 Å². The molecule has 2 aromatic rings. The third-order valence-corrected chi connectivity index (χ3v) is 6.25. The van der Waals surface area contributed by atoms with E-state index in [9.17, 15) is 19.6 Å². The zero-order valence-corrected chi connectivity index (χ0v) is 20.2. The quantitative estimate of drug-likeness (QED) is 0.366. The first-order chi connectivity index (χ1) is 17.0. The summed E-state index contributed by atoms with van der Waals surface area (Å²) in [6, 6.07) is 8.85. The summed E-state index contributed by atoms with van der Waals surface area (Å²) in [5.74, 6) is -0.371. The van der Waals surface area contributed by atoms with Crippen molar-refractivity contribution < 1.29 is 19.1 Å². The largest absolute Gasteiger partial charge is 0.484 e. The molecule has 35 heavy (non-hydrogen) atoms. The molecule has 0 aliphatic carbocycles. The average Bonchev–Trinajstić information content (AvgIpc) is 3.20. The lowest BCUT2D eigenvalue weighted by molar-refractivity contribution is -0.135. The minimum absolute atomic E-state index is 0.0362. The summed E-state index contributed by atoms with van der Waals surface area (Å²) in [6.07, 6.45) is 2.91. The molecule has 184 valence electrons. The summed E-state index contributed by atoms with van der Waals surface area (Å²) in [4.78, 5) is 39.1. The first-order valence-electron chi connectivity index (χ1n) is 11.1. The van der Waals surface area contributed by atoms with Crippen molar-refractivity contribution >= 4 is 40.7 Å². The summed E-state index contributed by atoms with van der Waals surface area (Å²) in [7, 11) is 0. The van der Waals surface area contributed by atoms with Gasteiger partial charge in [0.2, 0.25) is 0 Å². The number of carbonyl (C=O) groups is 2. The average molecular weight is 498 g/mol. The molecule has 0 saturated carbocycles. The Balaban J connectivity index is 1.79. The number of carbonyl (C=O) groups excluding carboxylic acids is 2. The van der Waals surface area contributed by atoms with Crippen LogP contribution in [0.4, 0.5) is 5.69 Å². The fraction of sp³-hybridized carbons (Fsp3) is 0.333. The Kier molecular flexibility index (Phi) is 9.23. The lowest BCUT2D eigenvalue weighted by Crippen LogP contribution is -2.47. The van der Waals surface area contributed by atoms with Gasteiger partial charge >= 0.3 is 5.97 Å². The molecule has 0 spiro atoms. The Labute approximate surface area is 206 Å². The molecule has 10 nitrogen and oxygen atoms in total. The van der Waals surface area contributed by atoms with Crippen molar-refractivity contribution in [3.8, 4) is 11.8 Å². The van der Waals surface area contributed by atoms with Crippen molar-refractivity contribution in [2.24, 2.45) is 0 Å². The Morgan fingerprint density at radius 2 is 2.11 bits per heavy atom. The first kappa shape index (κ1) is 25.7. The van der Waals surface area contributed by atoms with Crippen LogP contribution in [0.3, 0.4) is 0 Å². The summed E-state index contributed by atoms with van der Waals surface area (Å²) in [5.41, 5.74) is 0.0719. The third-order valence-electron chi connectivity index (χ3n) is 5.12. The normalized spacial score (nSPS) is 14.6. The molecule has 1 fully saturated rings. The van der Waals surface area contributed by atoms with E-state index in [1.165, 1.54) is 16.8 Å². The highest BCUT2D eigenvalue weighted by Crippen LogP contribution is 2.17. The number of nitrogens with one attached hydrogen (secondary N) is 2. The second kappa shape index (κ2) is 12.5. The zero-order chi connectivity index (χ0) is 25.2. The molecule has 0 bridgehead atoms. The Morgan fingerprint density at radius 1 is 1.34 bits per heavy atom. The van der Waals surface area contributed by atoms with Crippen LogP contribution in [0.5, 0.6) is 5.75 Å². The van der Waals surface area contributed by atoms with Crippen molar-refractivity contribution in [2.75, 3.05) is 44.7 Å². The van der Waals surface area contributed by atoms with Crippen molar-refractivity contribution in [3.63, 3.8) is 0 Å². The minimum atomic E-state index is -0.810. The van der Waals surface area contributed by atoms with Gasteiger partial charge in [-0.15, -0.1) is 11.3 Å². The van der Waals surface area contributed by atoms with E-state index in [1.807, 2.05) is 6.07 Å². The van der Waals surface area contributed by atoms with Crippen LogP contribution in [-0.2, 0) is 20.9 Å². The van der Waals surface area contributed by atoms with Gasteiger partial charge in [-0.1, -0.05) is 18.7 Å². The van der Waals surface area contributed by atoms with Gasteiger partial charge in [-0.3, -0.25) is 14.2 Å². The molecule has 2 N–H and O–H groups in total. The number of amides is 1. The summed E-state index contributed by atoms with van der Waals surface area (Å²) in [5, 5.41) is 15.7. The number of thiazole rings is 1. The van der Waals surface area contributed by atoms with E-state index in [0.29, 0.717) is 29.1 Å². The number of esters is 1. The van der Waals surface area contributed by atoms with Crippen LogP contribution in [0.15, 0.2) is 41.7 Å². The fourth-order valence-electron chi connectivity index (χ4n) is 3.36. The summed E-state index contributed by atoms with van der Waals surface area (Å²) < 4.78 is 12.5.